The van der Waals surface area contributed by atoms with Gasteiger partial charge < -0.3 is 10.6 Å². The highest BCUT2D eigenvalue weighted by molar-refractivity contribution is 5.55. The lowest BCUT2D eigenvalue weighted by Gasteiger charge is -2.37. The molecule has 1 aliphatic heterocycles. The van der Waals surface area contributed by atoms with Gasteiger partial charge in [0.05, 0.1) is 0 Å². The van der Waals surface area contributed by atoms with Gasteiger partial charge in [-0.2, -0.15) is 0 Å². The molecule has 1 aromatic carbocycles. The fraction of sp³-hybridized carbons (Fsp3) is 0.647. The molecule has 3 heteroatoms. The highest BCUT2D eigenvalue weighted by atomic mass is 15.3. The standard InChI is InChI=1S/C17H29N3/c1-14-13-15(17(2,3)4)5-6-16(14)20-11-9-19(8-7-18)10-12-20/h5-6,13H,7-12,18H2,1-4H3. The number of hydrogen-bond donors (Lipinski definition) is 1. The molecule has 1 heterocycles. The Morgan fingerprint density at radius 2 is 1.75 bits per heavy atom. The second-order valence-electron chi connectivity index (χ2n) is 6.87. The van der Waals surface area contributed by atoms with Crippen LogP contribution in [-0.4, -0.2) is 44.2 Å². The van der Waals surface area contributed by atoms with Gasteiger partial charge in [0.25, 0.3) is 0 Å². The zero-order valence-electron chi connectivity index (χ0n) is 13.4. The van der Waals surface area contributed by atoms with Gasteiger partial charge in [-0.15, -0.1) is 0 Å². The van der Waals surface area contributed by atoms with E-state index in [1.54, 1.807) is 0 Å². The first kappa shape index (κ1) is 15.3. The molecule has 0 amide bonds. The third-order valence-corrected chi connectivity index (χ3v) is 4.22. The Hall–Kier alpha value is -1.06. The molecule has 0 saturated carbocycles. The van der Waals surface area contributed by atoms with Crippen molar-refractivity contribution in [3.8, 4) is 0 Å². The molecule has 0 unspecified atom stereocenters. The number of nitrogens with zero attached hydrogens (tertiary/aromatic N) is 2. The maximum absolute atomic E-state index is 5.63. The summed E-state index contributed by atoms with van der Waals surface area (Å²) >= 11 is 0. The Balaban J connectivity index is 2.07. The van der Waals surface area contributed by atoms with Crippen molar-refractivity contribution in [3.05, 3.63) is 29.3 Å². The molecule has 1 fully saturated rings. The average Bonchev–Trinajstić information content (AvgIpc) is 2.39. The van der Waals surface area contributed by atoms with Crippen molar-refractivity contribution in [3.63, 3.8) is 0 Å². The first-order valence-electron chi connectivity index (χ1n) is 7.70. The molecular formula is C17H29N3. The van der Waals surface area contributed by atoms with Gasteiger partial charge in [-0.3, -0.25) is 4.90 Å². The molecule has 0 radical (unpaired) electrons. The molecule has 0 atom stereocenters. The second-order valence-corrected chi connectivity index (χ2v) is 6.87. The average molecular weight is 275 g/mol. The molecule has 20 heavy (non-hydrogen) atoms. The molecule has 0 bridgehead atoms. The summed E-state index contributed by atoms with van der Waals surface area (Å²) in [5.41, 5.74) is 10.1. The lowest BCUT2D eigenvalue weighted by Crippen LogP contribution is -2.48. The van der Waals surface area contributed by atoms with E-state index in [2.05, 4.69) is 55.7 Å². The van der Waals surface area contributed by atoms with E-state index in [-0.39, 0.29) is 5.41 Å². The number of rotatable bonds is 3. The number of hydrogen-bond acceptors (Lipinski definition) is 3. The van der Waals surface area contributed by atoms with Gasteiger partial charge in [0, 0.05) is 45.0 Å². The van der Waals surface area contributed by atoms with Crippen molar-refractivity contribution in [2.45, 2.75) is 33.1 Å². The molecule has 0 spiro atoms. The molecule has 1 saturated heterocycles. The summed E-state index contributed by atoms with van der Waals surface area (Å²) < 4.78 is 0. The predicted octanol–water partition coefficient (Wildman–Crippen LogP) is 2.37. The Morgan fingerprint density at radius 3 is 2.25 bits per heavy atom. The molecule has 1 aromatic rings. The Morgan fingerprint density at radius 1 is 1.10 bits per heavy atom. The zero-order valence-corrected chi connectivity index (χ0v) is 13.4. The molecule has 2 N–H and O–H groups in total. The van der Waals surface area contributed by atoms with Crippen molar-refractivity contribution in [2.75, 3.05) is 44.2 Å². The minimum atomic E-state index is 0.225. The van der Waals surface area contributed by atoms with E-state index in [0.717, 1.165) is 39.3 Å². The van der Waals surface area contributed by atoms with Crippen molar-refractivity contribution >= 4 is 5.69 Å². The summed E-state index contributed by atoms with van der Waals surface area (Å²) in [5.74, 6) is 0. The monoisotopic (exact) mass is 275 g/mol. The number of benzene rings is 1. The fourth-order valence-corrected chi connectivity index (χ4v) is 2.87. The fourth-order valence-electron chi connectivity index (χ4n) is 2.87. The van der Waals surface area contributed by atoms with Gasteiger partial charge in [0.15, 0.2) is 0 Å². The lowest BCUT2D eigenvalue weighted by atomic mass is 9.86. The molecule has 1 aliphatic rings. The van der Waals surface area contributed by atoms with Crippen LogP contribution in [0.1, 0.15) is 31.9 Å². The van der Waals surface area contributed by atoms with Crippen LogP contribution in [0.3, 0.4) is 0 Å². The largest absolute Gasteiger partial charge is 0.369 e. The Bertz CT molecular complexity index is 440. The molecule has 3 nitrogen and oxygen atoms in total. The van der Waals surface area contributed by atoms with E-state index in [1.165, 1.54) is 16.8 Å². The maximum atomic E-state index is 5.63. The number of piperazine rings is 1. The summed E-state index contributed by atoms with van der Waals surface area (Å²) in [6.45, 7) is 15.3. The summed E-state index contributed by atoms with van der Waals surface area (Å²) in [7, 11) is 0. The number of anilines is 1. The normalized spacial score (nSPS) is 17.6. The molecule has 112 valence electrons. The first-order chi connectivity index (χ1) is 9.41. The number of nitrogens with two attached hydrogens (primary N) is 1. The van der Waals surface area contributed by atoms with Crippen LogP contribution in [0.2, 0.25) is 0 Å². The first-order valence-corrected chi connectivity index (χ1v) is 7.70. The third-order valence-electron chi connectivity index (χ3n) is 4.22. The maximum Gasteiger partial charge on any atom is 0.0397 e. The van der Waals surface area contributed by atoms with Gasteiger partial charge in [0.2, 0.25) is 0 Å². The number of aryl methyl sites for hydroxylation is 1. The highest BCUT2D eigenvalue weighted by Gasteiger charge is 2.19. The van der Waals surface area contributed by atoms with Crippen LogP contribution in [0.4, 0.5) is 5.69 Å². The minimum absolute atomic E-state index is 0.225. The third kappa shape index (κ3) is 3.53. The van der Waals surface area contributed by atoms with Gasteiger partial charge in [-0.05, 0) is 29.5 Å². The summed E-state index contributed by atoms with van der Waals surface area (Å²) in [6, 6.07) is 6.94. The van der Waals surface area contributed by atoms with Crippen molar-refractivity contribution in [1.82, 2.24) is 4.90 Å². The van der Waals surface area contributed by atoms with Crippen LogP contribution in [0, 0.1) is 6.92 Å². The van der Waals surface area contributed by atoms with Gasteiger partial charge >= 0.3 is 0 Å². The van der Waals surface area contributed by atoms with Crippen molar-refractivity contribution < 1.29 is 0 Å². The van der Waals surface area contributed by atoms with E-state index in [1.807, 2.05) is 0 Å². The summed E-state index contributed by atoms with van der Waals surface area (Å²) in [4.78, 5) is 4.96. The van der Waals surface area contributed by atoms with Crippen molar-refractivity contribution in [2.24, 2.45) is 5.73 Å². The van der Waals surface area contributed by atoms with Crippen LogP contribution < -0.4 is 10.6 Å². The van der Waals surface area contributed by atoms with Crippen LogP contribution in [0.25, 0.3) is 0 Å². The van der Waals surface area contributed by atoms with Gasteiger partial charge in [-0.1, -0.05) is 32.9 Å². The Kier molecular flexibility index (Phi) is 4.71. The van der Waals surface area contributed by atoms with Crippen LogP contribution in [0.15, 0.2) is 18.2 Å². The SMILES string of the molecule is Cc1cc(C(C)(C)C)ccc1N1CCN(CCN)CC1. The van der Waals surface area contributed by atoms with E-state index in [0.29, 0.717) is 0 Å². The van der Waals surface area contributed by atoms with Crippen LogP contribution >= 0.6 is 0 Å². The summed E-state index contributed by atoms with van der Waals surface area (Å²) in [5, 5.41) is 0. The topological polar surface area (TPSA) is 32.5 Å². The Labute approximate surface area is 123 Å². The highest BCUT2D eigenvalue weighted by Crippen LogP contribution is 2.28. The van der Waals surface area contributed by atoms with E-state index >= 15 is 0 Å². The zero-order chi connectivity index (χ0) is 14.8. The van der Waals surface area contributed by atoms with Crippen LogP contribution in [-0.2, 0) is 5.41 Å². The van der Waals surface area contributed by atoms with E-state index in [4.69, 9.17) is 5.73 Å². The lowest BCUT2D eigenvalue weighted by molar-refractivity contribution is 0.265. The second kappa shape index (κ2) is 6.15. The predicted molar refractivity (Wildman–Crippen MR) is 87.6 cm³/mol. The molecular weight excluding hydrogens is 246 g/mol. The molecule has 0 aromatic heterocycles. The van der Waals surface area contributed by atoms with Gasteiger partial charge in [-0.25, -0.2) is 0 Å². The van der Waals surface area contributed by atoms with E-state index < -0.39 is 0 Å². The van der Waals surface area contributed by atoms with Gasteiger partial charge in [0.1, 0.15) is 0 Å². The molecule has 2 rings (SSSR count). The quantitative estimate of drug-likeness (QED) is 0.919. The van der Waals surface area contributed by atoms with E-state index in [9.17, 15) is 0 Å². The summed E-state index contributed by atoms with van der Waals surface area (Å²) in [6.07, 6.45) is 0. The molecule has 0 aliphatic carbocycles. The smallest absolute Gasteiger partial charge is 0.0397 e. The van der Waals surface area contributed by atoms with Crippen LogP contribution in [0.5, 0.6) is 0 Å². The van der Waals surface area contributed by atoms with Crippen molar-refractivity contribution in [1.29, 1.82) is 0 Å². The minimum Gasteiger partial charge on any atom is -0.369 e.